The standard InChI is InChI=1S/C21H30N4O3S/c1-4-28-20(26)18-17(14-25-11-5-10-24(2)12-13-25)22-21(27)23-19(18)15-6-8-16(29-3)9-7-15/h6-9,19H,4-5,10-14H2,1-3H3,(H2,22,23,27). The van der Waals surface area contributed by atoms with Crippen molar-refractivity contribution in [2.45, 2.75) is 24.3 Å². The smallest absolute Gasteiger partial charge is 0.338 e. The average molecular weight is 419 g/mol. The predicted molar refractivity (Wildman–Crippen MR) is 115 cm³/mol. The van der Waals surface area contributed by atoms with Gasteiger partial charge in [-0.3, -0.25) is 4.90 Å². The predicted octanol–water partition coefficient (Wildman–Crippen LogP) is 2.22. The molecule has 2 aliphatic rings. The summed E-state index contributed by atoms with van der Waals surface area (Å²) in [4.78, 5) is 31.0. The van der Waals surface area contributed by atoms with Gasteiger partial charge >= 0.3 is 12.0 Å². The van der Waals surface area contributed by atoms with Crippen molar-refractivity contribution in [1.29, 1.82) is 0 Å². The van der Waals surface area contributed by atoms with Crippen LogP contribution in [-0.2, 0) is 9.53 Å². The van der Waals surface area contributed by atoms with Crippen molar-refractivity contribution >= 4 is 23.8 Å². The van der Waals surface area contributed by atoms with E-state index >= 15 is 0 Å². The first-order valence-corrected chi connectivity index (χ1v) is 11.3. The molecule has 0 radical (unpaired) electrons. The van der Waals surface area contributed by atoms with Crippen molar-refractivity contribution in [3.63, 3.8) is 0 Å². The molecule has 1 aromatic carbocycles. The topological polar surface area (TPSA) is 73.9 Å². The summed E-state index contributed by atoms with van der Waals surface area (Å²) in [5.74, 6) is -0.388. The van der Waals surface area contributed by atoms with E-state index in [9.17, 15) is 9.59 Å². The lowest BCUT2D eigenvalue weighted by atomic mass is 9.95. The Morgan fingerprint density at radius 1 is 1.21 bits per heavy atom. The molecule has 29 heavy (non-hydrogen) atoms. The third-order valence-corrected chi connectivity index (χ3v) is 6.04. The summed E-state index contributed by atoms with van der Waals surface area (Å²) < 4.78 is 5.36. The van der Waals surface area contributed by atoms with Crippen molar-refractivity contribution in [2.24, 2.45) is 0 Å². The molecule has 1 unspecified atom stereocenters. The van der Waals surface area contributed by atoms with E-state index in [4.69, 9.17) is 4.74 Å². The van der Waals surface area contributed by atoms with Crippen LogP contribution in [0.25, 0.3) is 0 Å². The SMILES string of the molecule is CCOC(=O)C1=C(CN2CCCN(C)CC2)NC(=O)NC1c1ccc(SC)cc1. The molecule has 8 heteroatoms. The lowest BCUT2D eigenvalue weighted by Gasteiger charge is -2.32. The van der Waals surface area contributed by atoms with E-state index in [2.05, 4.69) is 27.5 Å². The largest absolute Gasteiger partial charge is 0.463 e. The molecule has 158 valence electrons. The minimum absolute atomic E-state index is 0.288. The molecule has 1 fully saturated rings. The molecular formula is C21H30N4O3S. The summed E-state index contributed by atoms with van der Waals surface area (Å²) in [6.45, 7) is 6.45. The fourth-order valence-electron chi connectivity index (χ4n) is 3.72. The molecule has 0 bridgehead atoms. The maximum Gasteiger partial charge on any atom is 0.338 e. The number of esters is 1. The monoisotopic (exact) mass is 418 g/mol. The van der Waals surface area contributed by atoms with Crippen molar-refractivity contribution in [1.82, 2.24) is 20.4 Å². The molecule has 7 nitrogen and oxygen atoms in total. The fourth-order valence-corrected chi connectivity index (χ4v) is 4.13. The first-order valence-electron chi connectivity index (χ1n) is 10.0. The van der Waals surface area contributed by atoms with Gasteiger partial charge in [-0.15, -0.1) is 11.8 Å². The second-order valence-corrected chi connectivity index (χ2v) is 8.23. The number of hydrogen-bond donors (Lipinski definition) is 2. The van der Waals surface area contributed by atoms with Gasteiger partial charge in [0.05, 0.1) is 18.2 Å². The summed E-state index contributed by atoms with van der Waals surface area (Å²) in [6, 6.07) is 7.10. The zero-order valence-electron chi connectivity index (χ0n) is 17.4. The van der Waals surface area contributed by atoms with Crippen molar-refractivity contribution in [2.75, 3.05) is 52.6 Å². The van der Waals surface area contributed by atoms with Gasteiger partial charge in [-0.2, -0.15) is 0 Å². The molecule has 2 amide bonds. The number of urea groups is 1. The maximum atomic E-state index is 12.9. The minimum Gasteiger partial charge on any atom is -0.463 e. The van der Waals surface area contributed by atoms with Crippen LogP contribution in [0.3, 0.4) is 0 Å². The number of likely N-dealkylation sites (N-methyl/N-ethyl adjacent to an activating group) is 1. The summed E-state index contributed by atoms with van der Waals surface area (Å²) in [7, 11) is 2.12. The van der Waals surface area contributed by atoms with E-state index in [-0.39, 0.29) is 18.6 Å². The van der Waals surface area contributed by atoms with E-state index in [0.717, 1.165) is 43.1 Å². The van der Waals surface area contributed by atoms with Gasteiger partial charge in [-0.1, -0.05) is 12.1 Å². The van der Waals surface area contributed by atoms with Crippen LogP contribution in [0, 0.1) is 0 Å². The van der Waals surface area contributed by atoms with E-state index < -0.39 is 6.04 Å². The zero-order chi connectivity index (χ0) is 20.8. The van der Waals surface area contributed by atoms with Crippen LogP contribution in [0.1, 0.15) is 24.9 Å². The van der Waals surface area contributed by atoms with Gasteiger partial charge < -0.3 is 20.3 Å². The number of rotatable bonds is 6. The molecule has 1 saturated heterocycles. The lowest BCUT2D eigenvalue weighted by molar-refractivity contribution is -0.139. The molecule has 0 aromatic heterocycles. The number of benzene rings is 1. The lowest BCUT2D eigenvalue weighted by Crippen LogP contribution is -2.48. The summed E-state index contributed by atoms with van der Waals surface area (Å²) in [6.07, 6.45) is 3.08. The highest BCUT2D eigenvalue weighted by molar-refractivity contribution is 7.98. The van der Waals surface area contributed by atoms with Gasteiger partial charge in [0.25, 0.3) is 0 Å². The van der Waals surface area contributed by atoms with Crippen LogP contribution in [0.2, 0.25) is 0 Å². The Morgan fingerprint density at radius 2 is 1.97 bits per heavy atom. The van der Waals surface area contributed by atoms with Gasteiger partial charge in [0.2, 0.25) is 0 Å². The van der Waals surface area contributed by atoms with E-state index in [1.54, 1.807) is 18.7 Å². The number of nitrogens with one attached hydrogen (secondary N) is 2. The highest BCUT2D eigenvalue weighted by atomic mass is 32.2. The molecule has 0 aliphatic carbocycles. The van der Waals surface area contributed by atoms with Gasteiger partial charge in [-0.05, 0) is 57.4 Å². The van der Waals surface area contributed by atoms with Crippen LogP contribution in [-0.4, -0.2) is 74.4 Å². The number of amides is 2. The number of carbonyl (C=O) groups excluding carboxylic acids is 2. The number of hydrogen-bond acceptors (Lipinski definition) is 6. The van der Waals surface area contributed by atoms with E-state index in [1.807, 2.05) is 30.5 Å². The van der Waals surface area contributed by atoms with Crippen LogP contribution in [0.5, 0.6) is 0 Å². The van der Waals surface area contributed by atoms with Crippen molar-refractivity contribution in [3.8, 4) is 0 Å². The first kappa shape index (κ1) is 21.7. The Hall–Kier alpha value is -2.03. The summed E-state index contributed by atoms with van der Waals surface area (Å²) in [5.41, 5.74) is 1.99. The Bertz CT molecular complexity index is 766. The highest BCUT2D eigenvalue weighted by Gasteiger charge is 2.34. The molecule has 0 saturated carbocycles. The van der Waals surface area contributed by atoms with Gasteiger partial charge in [0.15, 0.2) is 0 Å². The molecular weight excluding hydrogens is 388 g/mol. The average Bonchev–Trinajstić information content (AvgIpc) is 2.92. The van der Waals surface area contributed by atoms with E-state index in [1.165, 1.54) is 0 Å². The Labute approximate surface area is 176 Å². The normalized spacial score (nSPS) is 21.3. The summed E-state index contributed by atoms with van der Waals surface area (Å²) >= 11 is 1.65. The Balaban J connectivity index is 1.93. The number of ether oxygens (including phenoxy) is 1. The second-order valence-electron chi connectivity index (χ2n) is 7.35. The summed E-state index contributed by atoms with van der Waals surface area (Å²) in [5, 5.41) is 5.78. The van der Waals surface area contributed by atoms with E-state index in [0.29, 0.717) is 17.8 Å². The van der Waals surface area contributed by atoms with Gasteiger partial charge in [-0.25, -0.2) is 9.59 Å². The zero-order valence-corrected chi connectivity index (χ0v) is 18.2. The quantitative estimate of drug-likeness (QED) is 0.545. The Kier molecular flexibility index (Phi) is 7.57. The third kappa shape index (κ3) is 5.52. The van der Waals surface area contributed by atoms with Crippen LogP contribution in [0.15, 0.2) is 40.4 Å². The molecule has 2 aliphatic heterocycles. The Morgan fingerprint density at radius 3 is 2.66 bits per heavy atom. The van der Waals surface area contributed by atoms with Crippen LogP contribution < -0.4 is 10.6 Å². The molecule has 1 atom stereocenters. The molecule has 0 spiro atoms. The molecule has 2 N–H and O–H groups in total. The van der Waals surface area contributed by atoms with Crippen LogP contribution >= 0.6 is 11.8 Å². The fraction of sp³-hybridized carbons (Fsp3) is 0.524. The molecule has 3 rings (SSSR count). The number of thioether (sulfide) groups is 1. The second kappa shape index (κ2) is 10.1. The number of nitrogens with zero attached hydrogens (tertiary/aromatic N) is 2. The van der Waals surface area contributed by atoms with Gasteiger partial charge in [0.1, 0.15) is 0 Å². The number of carbonyl (C=O) groups is 2. The van der Waals surface area contributed by atoms with Gasteiger partial charge in [0, 0.05) is 30.2 Å². The van der Waals surface area contributed by atoms with Crippen LogP contribution in [0.4, 0.5) is 4.79 Å². The third-order valence-electron chi connectivity index (χ3n) is 5.29. The minimum atomic E-state index is -0.525. The maximum absolute atomic E-state index is 12.9. The first-order chi connectivity index (χ1) is 14.0. The van der Waals surface area contributed by atoms with Crippen molar-refractivity contribution in [3.05, 3.63) is 41.1 Å². The molecule has 1 aromatic rings. The highest BCUT2D eigenvalue weighted by Crippen LogP contribution is 2.29. The molecule has 2 heterocycles. The van der Waals surface area contributed by atoms with Crippen molar-refractivity contribution < 1.29 is 14.3 Å².